The molecule has 26 heavy (non-hydrogen) atoms. The lowest BCUT2D eigenvalue weighted by atomic mass is 10.1. The van der Waals surface area contributed by atoms with Crippen molar-refractivity contribution in [3.8, 4) is 0 Å². The number of thiophene rings is 1. The van der Waals surface area contributed by atoms with Crippen LogP contribution < -0.4 is 5.32 Å². The quantitative estimate of drug-likeness (QED) is 0.414. The normalized spacial score (nSPS) is 10.7. The number of anilines is 1. The van der Waals surface area contributed by atoms with Gasteiger partial charge >= 0.3 is 11.8 Å². The highest BCUT2D eigenvalue weighted by molar-refractivity contribution is 9.10. The van der Waals surface area contributed by atoms with Crippen molar-refractivity contribution in [2.45, 2.75) is 34.2 Å². The average Bonchev–Trinajstić information content (AvgIpc) is 2.98. The van der Waals surface area contributed by atoms with Gasteiger partial charge in [-0.05, 0) is 54.1 Å². The molecule has 0 aliphatic carbocycles. The standard InChI is InChI=1S/C15H17BrN4O5S/c1-5-25-15(22)11-7(2)9(4)26-14(11)17-10(21)6-19-8(3)12(16)13(18-19)20(23)24/h5-6H2,1-4H3,(H,17,21). The molecule has 0 spiro atoms. The number of carbonyl (C=O) groups is 2. The Hall–Kier alpha value is -2.27. The Morgan fingerprint density at radius 1 is 1.38 bits per heavy atom. The monoisotopic (exact) mass is 444 g/mol. The molecule has 140 valence electrons. The summed E-state index contributed by atoms with van der Waals surface area (Å²) in [5, 5.41) is 17.8. The van der Waals surface area contributed by atoms with Gasteiger partial charge in [0, 0.05) is 4.88 Å². The molecule has 1 N–H and O–H groups in total. The summed E-state index contributed by atoms with van der Waals surface area (Å²) >= 11 is 4.37. The molecule has 11 heteroatoms. The third-order valence-electron chi connectivity index (χ3n) is 3.70. The zero-order chi connectivity index (χ0) is 19.6. The van der Waals surface area contributed by atoms with Crippen LogP contribution in [0.2, 0.25) is 0 Å². The van der Waals surface area contributed by atoms with E-state index in [2.05, 4.69) is 26.3 Å². The Morgan fingerprint density at radius 3 is 2.58 bits per heavy atom. The van der Waals surface area contributed by atoms with Gasteiger partial charge in [0.1, 0.15) is 16.0 Å². The summed E-state index contributed by atoms with van der Waals surface area (Å²) in [6.45, 7) is 6.94. The van der Waals surface area contributed by atoms with Crippen LogP contribution in [-0.2, 0) is 16.1 Å². The molecule has 0 aliphatic heterocycles. The lowest BCUT2D eigenvalue weighted by molar-refractivity contribution is -0.390. The maximum atomic E-state index is 12.4. The largest absolute Gasteiger partial charge is 0.462 e. The molecule has 9 nitrogen and oxygen atoms in total. The number of nitrogens with one attached hydrogen (secondary N) is 1. The Labute approximate surface area is 161 Å². The van der Waals surface area contributed by atoms with Crippen LogP contribution in [0.3, 0.4) is 0 Å². The van der Waals surface area contributed by atoms with Crippen LogP contribution in [0.1, 0.15) is 33.4 Å². The molecule has 2 heterocycles. The van der Waals surface area contributed by atoms with Crippen molar-refractivity contribution in [3.05, 3.63) is 36.3 Å². The molecular weight excluding hydrogens is 428 g/mol. The van der Waals surface area contributed by atoms with Crippen molar-refractivity contribution in [3.63, 3.8) is 0 Å². The summed E-state index contributed by atoms with van der Waals surface area (Å²) in [6, 6.07) is 0. The number of ether oxygens (including phenoxy) is 1. The molecular formula is C15H17BrN4O5S. The second-order valence-electron chi connectivity index (χ2n) is 5.39. The zero-order valence-corrected chi connectivity index (χ0v) is 17.0. The second kappa shape index (κ2) is 7.96. The Kier molecular flexibility index (Phi) is 6.13. The SMILES string of the molecule is CCOC(=O)c1c(NC(=O)Cn2nc([N+](=O)[O-])c(Br)c2C)sc(C)c1C. The molecule has 0 unspecified atom stereocenters. The number of hydrogen-bond donors (Lipinski definition) is 1. The maximum Gasteiger partial charge on any atom is 0.404 e. The van der Waals surface area contributed by atoms with E-state index in [-0.39, 0.29) is 23.4 Å². The summed E-state index contributed by atoms with van der Waals surface area (Å²) in [4.78, 5) is 35.7. The lowest BCUT2D eigenvalue weighted by Crippen LogP contribution is -2.21. The number of aromatic nitrogens is 2. The molecule has 0 saturated carbocycles. The van der Waals surface area contributed by atoms with E-state index in [1.165, 1.54) is 16.0 Å². The second-order valence-corrected chi connectivity index (χ2v) is 7.41. The molecule has 0 bridgehead atoms. The summed E-state index contributed by atoms with van der Waals surface area (Å²) < 4.78 is 6.50. The number of nitrogens with zero attached hydrogens (tertiary/aromatic N) is 3. The summed E-state index contributed by atoms with van der Waals surface area (Å²) in [7, 11) is 0. The first-order valence-corrected chi connectivity index (χ1v) is 9.22. The maximum absolute atomic E-state index is 12.4. The number of nitro groups is 1. The van der Waals surface area contributed by atoms with Crippen molar-refractivity contribution in [2.75, 3.05) is 11.9 Å². The van der Waals surface area contributed by atoms with E-state index in [0.29, 0.717) is 16.3 Å². The van der Waals surface area contributed by atoms with Gasteiger partial charge in [0.15, 0.2) is 0 Å². The summed E-state index contributed by atoms with van der Waals surface area (Å²) in [6.07, 6.45) is 0. The van der Waals surface area contributed by atoms with Crippen LogP contribution in [0.15, 0.2) is 4.47 Å². The predicted molar refractivity (Wildman–Crippen MR) is 99.7 cm³/mol. The van der Waals surface area contributed by atoms with Crippen LogP contribution in [-0.4, -0.2) is 33.2 Å². The smallest absolute Gasteiger partial charge is 0.404 e. The molecule has 0 fully saturated rings. The molecule has 0 atom stereocenters. The van der Waals surface area contributed by atoms with E-state index in [4.69, 9.17) is 4.74 Å². The highest BCUT2D eigenvalue weighted by Crippen LogP contribution is 2.33. The first-order valence-electron chi connectivity index (χ1n) is 7.61. The number of carbonyl (C=O) groups excluding carboxylic acids is 2. The van der Waals surface area contributed by atoms with E-state index < -0.39 is 16.8 Å². The molecule has 0 aliphatic rings. The summed E-state index contributed by atoms with van der Waals surface area (Å²) in [5.41, 5.74) is 1.53. The van der Waals surface area contributed by atoms with Gasteiger partial charge in [0.2, 0.25) is 5.91 Å². The molecule has 2 aromatic rings. The lowest BCUT2D eigenvalue weighted by Gasteiger charge is -2.07. The molecule has 0 aromatic carbocycles. The Balaban J connectivity index is 2.24. The molecule has 2 rings (SSSR count). The summed E-state index contributed by atoms with van der Waals surface area (Å²) in [5.74, 6) is -1.31. The fourth-order valence-electron chi connectivity index (χ4n) is 2.25. The van der Waals surface area contributed by atoms with E-state index in [9.17, 15) is 19.7 Å². The van der Waals surface area contributed by atoms with Gasteiger partial charge in [0.25, 0.3) is 0 Å². The fraction of sp³-hybridized carbons (Fsp3) is 0.400. The fourth-order valence-corrected chi connectivity index (χ4v) is 3.74. The Morgan fingerprint density at radius 2 is 2.04 bits per heavy atom. The third kappa shape index (κ3) is 3.93. The third-order valence-corrected chi connectivity index (χ3v) is 5.75. The highest BCUT2D eigenvalue weighted by Gasteiger charge is 2.26. The number of hydrogen-bond acceptors (Lipinski definition) is 7. The van der Waals surface area contributed by atoms with Gasteiger partial charge in [-0.3, -0.25) is 4.79 Å². The van der Waals surface area contributed by atoms with Crippen molar-refractivity contribution in [2.24, 2.45) is 0 Å². The van der Waals surface area contributed by atoms with Gasteiger partial charge in [-0.25, -0.2) is 4.79 Å². The average molecular weight is 445 g/mol. The molecule has 1 amide bonds. The molecule has 2 aromatic heterocycles. The molecule has 0 radical (unpaired) electrons. The number of aryl methyl sites for hydroxylation is 1. The van der Waals surface area contributed by atoms with Crippen LogP contribution >= 0.6 is 27.3 Å². The minimum atomic E-state index is -0.629. The van der Waals surface area contributed by atoms with E-state index in [1.807, 2.05) is 6.92 Å². The van der Waals surface area contributed by atoms with Crippen molar-refractivity contribution < 1.29 is 19.2 Å². The highest BCUT2D eigenvalue weighted by atomic mass is 79.9. The molecule has 0 saturated heterocycles. The van der Waals surface area contributed by atoms with E-state index >= 15 is 0 Å². The van der Waals surface area contributed by atoms with Gasteiger partial charge in [0.05, 0.1) is 23.0 Å². The minimum Gasteiger partial charge on any atom is -0.462 e. The number of rotatable bonds is 6. The number of amides is 1. The number of esters is 1. The van der Waals surface area contributed by atoms with Crippen LogP contribution in [0.25, 0.3) is 0 Å². The van der Waals surface area contributed by atoms with Crippen LogP contribution in [0.4, 0.5) is 10.8 Å². The Bertz CT molecular complexity index is 889. The van der Waals surface area contributed by atoms with E-state index in [0.717, 1.165) is 10.4 Å². The van der Waals surface area contributed by atoms with Gasteiger partial charge in [-0.15, -0.1) is 11.3 Å². The van der Waals surface area contributed by atoms with E-state index in [1.54, 1.807) is 20.8 Å². The van der Waals surface area contributed by atoms with Crippen LogP contribution in [0.5, 0.6) is 0 Å². The zero-order valence-electron chi connectivity index (χ0n) is 14.6. The first kappa shape index (κ1) is 20.0. The number of halogens is 1. The topological polar surface area (TPSA) is 116 Å². The van der Waals surface area contributed by atoms with Crippen molar-refractivity contribution >= 4 is 50.0 Å². The predicted octanol–water partition coefficient (Wildman–Crippen LogP) is 3.36. The van der Waals surface area contributed by atoms with Gasteiger partial charge in [-0.2, -0.15) is 4.68 Å². The first-order chi connectivity index (χ1) is 12.2. The van der Waals surface area contributed by atoms with Gasteiger partial charge in [-0.1, -0.05) is 0 Å². The van der Waals surface area contributed by atoms with Crippen molar-refractivity contribution in [1.82, 2.24) is 9.78 Å². The van der Waals surface area contributed by atoms with Crippen LogP contribution in [0, 0.1) is 30.9 Å². The van der Waals surface area contributed by atoms with Crippen molar-refractivity contribution in [1.29, 1.82) is 0 Å². The minimum absolute atomic E-state index is 0.226. The van der Waals surface area contributed by atoms with Gasteiger partial charge < -0.3 is 20.2 Å².